The third-order valence-electron chi connectivity index (χ3n) is 2.63. The van der Waals surface area contributed by atoms with Gasteiger partial charge in [0.15, 0.2) is 5.82 Å². The molecule has 0 aliphatic heterocycles. The fourth-order valence-electron chi connectivity index (χ4n) is 1.52. The summed E-state index contributed by atoms with van der Waals surface area (Å²) in [5.41, 5.74) is 5.58. The van der Waals surface area contributed by atoms with Gasteiger partial charge in [-0.25, -0.2) is 0 Å². The molecule has 0 amide bonds. The molecule has 1 atom stereocenters. The molecule has 0 aliphatic carbocycles. The van der Waals surface area contributed by atoms with E-state index in [0.29, 0.717) is 24.1 Å². The summed E-state index contributed by atoms with van der Waals surface area (Å²) in [4.78, 5) is 5.54. The topological polar surface area (TPSA) is 64.9 Å². The molecule has 0 saturated carbocycles. The minimum Gasteiger partial charge on any atom is -0.339 e. The van der Waals surface area contributed by atoms with Gasteiger partial charge in [0.05, 0.1) is 5.75 Å². The molecule has 2 aromatic rings. The number of halogens is 1. The predicted molar refractivity (Wildman–Crippen MR) is 79.9 cm³/mol. The van der Waals surface area contributed by atoms with Crippen LogP contribution in [-0.4, -0.2) is 16.7 Å². The van der Waals surface area contributed by atoms with Crippen LogP contribution in [0.4, 0.5) is 0 Å². The molecule has 1 unspecified atom stereocenters. The molecule has 1 aromatic heterocycles. The van der Waals surface area contributed by atoms with Crippen molar-refractivity contribution in [2.24, 2.45) is 11.7 Å². The average Bonchev–Trinajstić information content (AvgIpc) is 2.85. The van der Waals surface area contributed by atoms with Gasteiger partial charge in [-0.05, 0) is 40.5 Å². The molecule has 0 aliphatic rings. The Balaban J connectivity index is 1.92. The molecule has 19 heavy (non-hydrogen) atoms. The number of hydrogen-bond acceptors (Lipinski definition) is 5. The van der Waals surface area contributed by atoms with E-state index in [1.165, 1.54) is 4.90 Å². The summed E-state index contributed by atoms with van der Waals surface area (Å²) >= 11 is 5.20. The van der Waals surface area contributed by atoms with Gasteiger partial charge in [-0.15, -0.1) is 11.8 Å². The summed E-state index contributed by atoms with van der Waals surface area (Å²) < 4.78 is 6.30. The van der Waals surface area contributed by atoms with Gasteiger partial charge in [-0.2, -0.15) is 4.98 Å². The maximum Gasteiger partial charge on any atom is 0.226 e. The van der Waals surface area contributed by atoms with Crippen molar-refractivity contribution in [2.75, 3.05) is 6.54 Å². The van der Waals surface area contributed by atoms with Crippen LogP contribution in [0.25, 0.3) is 0 Å². The van der Waals surface area contributed by atoms with Crippen molar-refractivity contribution in [1.82, 2.24) is 10.1 Å². The Bertz CT molecular complexity index is 532. The molecular formula is C13H16BrN3OS. The fraction of sp³-hybridized carbons (Fsp3) is 0.385. The largest absolute Gasteiger partial charge is 0.339 e. The molecule has 0 bridgehead atoms. The van der Waals surface area contributed by atoms with Crippen LogP contribution in [0.2, 0.25) is 0 Å². The summed E-state index contributed by atoms with van der Waals surface area (Å²) in [5, 5.41) is 3.99. The number of nitrogens with two attached hydrogens (primary N) is 1. The van der Waals surface area contributed by atoms with Gasteiger partial charge in [0.25, 0.3) is 0 Å². The predicted octanol–water partition coefficient (Wildman–Crippen LogP) is 3.26. The summed E-state index contributed by atoms with van der Waals surface area (Å²) in [7, 11) is 0. The molecule has 0 spiro atoms. The van der Waals surface area contributed by atoms with Crippen LogP contribution in [0.3, 0.4) is 0 Å². The third kappa shape index (κ3) is 4.33. The van der Waals surface area contributed by atoms with Crippen LogP contribution in [0, 0.1) is 5.92 Å². The van der Waals surface area contributed by atoms with E-state index in [-0.39, 0.29) is 0 Å². The van der Waals surface area contributed by atoms with Crippen molar-refractivity contribution in [3.8, 4) is 0 Å². The number of rotatable bonds is 6. The first-order valence-electron chi connectivity index (χ1n) is 6.08. The van der Waals surface area contributed by atoms with E-state index in [9.17, 15) is 0 Å². The van der Waals surface area contributed by atoms with Gasteiger partial charge in [0.2, 0.25) is 5.89 Å². The number of aromatic nitrogens is 2. The minimum absolute atomic E-state index is 0.365. The van der Waals surface area contributed by atoms with Gasteiger partial charge in [-0.3, -0.25) is 0 Å². The Morgan fingerprint density at radius 3 is 2.95 bits per heavy atom. The molecule has 6 heteroatoms. The zero-order chi connectivity index (χ0) is 13.7. The third-order valence-corrected chi connectivity index (χ3v) is 4.65. The van der Waals surface area contributed by atoms with Crippen LogP contribution in [0.1, 0.15) is 18.6 Å². The van der Waals surface area contributed by atoms with E-state index in [4.69, 9.17) is 10.3 Å². The van der Waals surface area contributed by atoms with Crippen molar-refractivity contribution in [1.29, 1.82) is 0 Å². The summed E-state index contributed by atoms with van der Waals surface area (Å²) in [6, 6.07) is 8.09. The molecule has 0 radical (unpaired) electrons. The smallest absolute Gasteiger partial charge is 0.226 e. The molecule has 102 valence electrons. The maximum absolute atomic E-state index is 5.58. The van der Waals surface area contributed by atoms with Crippen molar-refractivity contribution < 1.29 is 4.52 Å². The van der Waals surface area contributed by atoms with Crippen LogP contribution in [0.15, 0.2) is 38.2 Å². The highest BCUT2D eigenvalue weighted by atomic mass is 79.9. The summed E-state index contributed by atoms with van der Waals surface area (Å²) in [6.07, 6.45) is 0.739. The average molecular weight is 342 g/mol. The molecule has 2 N–H and O–H groups in total. The monoisotopic (exact) mass is 341 g/mol. The minimum atomic E-state index is 0.365. The Morgan fingerprint density at radius 1 is 1.42 bits per heavy atom. The highest BCUT2D eigenvalue weighted by Gasteiger charge is 2.10. The molecule has 0 saturated heterocycles. The van der Waals surface area contributed by atoms with Crippen molar-refractivity contribution in [3.63, 3.8) is 0 Å². The number of hydrogen-bond donors (Lipinski definition) is 1. The van der Waals surface area contributed by atoms with Crippen LogP contribution >= 0.6 is 27.7 Å². The number of nitrogens with zero attached hydrogens (tertiary/aromatic N) is 2. The first-order valence-corrected chi connectivity index (χ1v) is 7.85. The lowest BCUT2D eigenvalue weighted by molar-refractivity contribution is 0.356. The quantitative estimate of drug-likeness (QED) is 0.817. The lowest BCUT2D eigenvalue weighted by atomic mass is 10.1. The second-order valence-corrected chi connectivity index (χ2v) is 6.24. The highest BCUT2D eigenvalue weighted by molar-refractivity contribution is 9.10. The van der Waals surface area contributed by atoms with E-state index in [0.717, 1.165) is 16.7 Å². The molecular weight excluding hydrogens is 326 g/mol. The molecule has 2 rings (SSSR count). The highest BCUT2D eigenvalue weighted by Crippen LogP contribution is 2.29. The Morgan fingerprint density at radius 2 is 2.21 bits per heavy atom. The van der Waals surface area contributed by atoms with Gasteiger partial charge < -0.3 is 10.3 Å². The molecule has 4 nitrogen and oxygen atoms in total. The van der Waals surface area contributed by atoms with Crippen molar-refractivity contribution in [2.45, 2.75) is 24.0 Å². The lowest BCUT2D eigenvalue weighted by Crippen LogP contribution is -2.13. The van der Waals surface area contributed by atoms with Crippen LogP contribution in [-0.2, 0) is 12.2 Å². The standard InChI is InChI=1S/C13H16BrN3OS/c1-9(7-15)6-13-16-12(17-18-13)8-19-11-5-3-2-4-10(11)14/h2-5,9H,6-8,15H2,1H3. The second kappa shape index (κ2) is 7.07. The second-order valence-electron chi connectivity index (χ2n) is 4.37. The zero-order valence-corrected chi connectivity index (χ0v) is 13.1. The van der Waals surface area contributed by atoms with E-state index in [2.05, 4.69) is 39.1 Å². The van der Waals surface area contributed by atoms with Crippen LogP contribution in [0.5, 0.6) is 0 Å². The molecule has 1 heterocycles. The van der Waals surface area contributed by atoms with E-state index < -0.39 is 0 Å². The van der Waals surface area contributed by atoms with E-state index >= 15 is 0 Å². The Labute approximate surface area is 125 Å². The van der Waals surface area contributed by atoms with Gasteiger partial charge in [0, 0.05) is 15.8 Å². The molecule has 0 fully saturated rings. The molecule has 1 aromatic carbocycles. The van der Waals surface area contributed by atoms with E-state index in [1.54, 1.807) is 11.8 Å². The SMILES string of the molecule is CC(CN)Cc1nc(CSc2ccccc2Br)no1. The van der Waals surface area contributed by atoms with Crippen LogP contribution < -0.4 is 5.73 Å². The van der Waals surface area contributed by atoms with Gasteiger partial charge in [0.1, 0.15) is 0 Å². The van der Waals surface area contributed by atoms with Crippen molar-refractivity contribution in [3.05, 3.63) is 40.5 Å². The number of benzene rings is 1. The van der Waals surface area contributed by atoms with E-state index in [1.807, 2.05) is 18.2 Å². The van der Waals surface area contributed by atoms with Gasteiger partial charge in [-0.1, -0.05) is 24.2 Å². The Hall–Kier alpha value is -0.850. The Kier molecular flexibility index (Phi) is 5.42. The number of thioether (sulfide) groups is 1. The maximum atomic E-state index is 5.58. The lowest BCUT2D eigenvalue weighted by Gasteiger charge is -2.02. The van der Waals surface area contributed by atoms with Crippen molar-refractivity contribution >= 4 is 27.7 Å². The summed E-state index contributed by atoms with van der Waals surface area (Å²) in [6.45, 7) is 2.70. The normalized spacial score (nSPS) is 12.6. The fourth-order valence-corrected chi connectivity index (χ4v) is 2.93. The summed E-state index contributed by atoms with van der Waals surface area (Å²) in [5.74, 6) is 2.45. The van der Waals surface area contributed by atoms with Gasteiger partial charge >= 0.3 is 0 Å². The first-order chi connectivity index (χ1) is 9.19. The zero-order valence-electron chi connectivity index (χ0n) is 10.7. The first kappa shape index (κ1) is 14.6.